The molecule has 7 heteroatoms. The van der Waals surface area contributed by atoms with Crippen LogP contribution in [0.4, 0.5) is 8.78 Å². The van der Waals surface area contributed by atoms with Crippen LogP contribution in [0.3, 0.4) is 0 Å². The van der Waals surface area contributed by atoms with Gasteiger partial charge in [0, 0.05) is 16.1 Å². The molecule has 2 N–H and O–H groups in total. The van der Waals surface area contributed by atoms with E-state index in [1.807, 2.05) is 0 Å². The van der Waals surface area contributed by atoms with Gasteiger partial charge in [-0.05, 0) is 62.1 Å². The molecule has 1 aliphatic rings. The van der Waals surface area contributed by atoms with Gasteiger partial charge in [0.05, 0.1) is 5.56 Å². The molecular formula is C19H18BrF2NO3. The van der Waals surface area contributed by atoms with Gasteiger partial charge >= 0.3 is 5.97 Å². The summed E-state index contributed by atoms with van der Waals surface area (Å²) >= 11 is 3.23. The third kappa shape index (κ3) is 5.36. The fourth-order valence-corrected chi connectivity index (χ4v) is 2.43. The summed E-state index contributed by atoms with van der Waals surface area (Å²) in [6.07, 6.45) is 2.06. The summed E-state index contributed by atoms with van der Waals surface area (Å²) in [6, 6.07) is 7.05. The first-order valence-corrected chi connectivity index (χ1v) is 8.74. The zero-order chi connectivity index (χ0) is 19.4. The van der Waals surface area contributed by atoms with E-state index in [-0.39, 0.29) is 17.3 Å². The Morgan fingerprint density at radius 2 is 1.69 bits per heavy atom. The van der Waals surface area contributed by atoms with E-state index >= 15 is 0 Å². The van der Waals surface area contributed by atoms with E-state index in [2.05, 4.69) is 21.2 Å². The Morgan fingerprint density at radius 3 is 2.19 bits per heavy atom. The average Bonchev–Trinajstić information content (AvgIpc) is 3.39. The van der Waals surface area contributed by atoms with Crippen LogP contribution in [-0.4, -0.2) is 23.0 Å². The van der Waals surface area contributed by atoms with Gasteiger partial charge in [-0.2, -0.15) is 0 Å². The van der Waals surface area contributed by atoms with E-state index in [9.17, 15) is 18.4 Å². The molecule has 0 radical (unpaired) electrons. The number of nitrogens with one attached hydrogen (secondary N) is 1. The fourth-order valence-electron chi connectivity index (χ4n) is 2.00. The van der Waals surface area contributed by atoms with Crippen molar-refractivity contribution in [3.63, 3.8) is 0 Å². The number of carbonyl (C=O) groups excluding carboxylic acids is 1. The maximum atomic E-state index is 13.3. The fraction of sp³-hybridized carbons (Fsp3) is 0.263. The highest BCUT2D eigenvalue weighted by Gasteiger charge is 2.24. The third-order valence-electron chi connectivity index (χ3n) is 3.87. The molecule has 0 unspecified atom stereocenters. The molecule has 1 aliphatic carbocycles. The quantitative estimate of drug-likeness (QED) is 0.753. The summed E-state index contributed by atoms with van der Waals surface area (Å²) in [5.41, 5.74) is 1.33. The average molecular weight is 426 g/mol. The lowest BCUT2D eigenvalue weighted by molar-refractivity contribution is 0.0696. The summed E-state index contributed by atoms with van der Waals surface area (Å²) in [5, 5.41) is 11.3. The molecule has 2 aromatic rings. The Morgan fingerprint density at radius 1 is 1.08 bits per heavy atom. The number of aromatic carboxylic acids is 1. The second-order valence-electron chi connectivity index (χ2n) is 6.08. The summed E-state index contributed by atoms with van der Waals surface area (Å²) in [4.78, 5) is 21.9. The SMILES string of the molecule is Cc1c(F)cc(C(=O)NC2CC2)cc1Br.Cc1ccc(C(=O)O)cc1F. The highest BCUT2D eigenvalue weighted by Crippen LogP contribution is 2.23. The number of rotatable bonds is 3. The number of amides is 1. The van der Waals surface area contributed by atoms with Crippen molar-refractivity contribution in [2.75, 3.05) is 0 Å². The molecule has 4 nitrogen and oxygen atoms in total. The van der Waals surface area contributed by atoms with Crippen molar-refractivity contribution >= 4 is 27.8 Å². The van der Waals surface area contributed by atoms with Gasteiger partial charge in [-0.1, -0.05) is 22.0 Å². The Labute approximate surface area is 158 Å². The maximum Gasteiger partial charge on any atom is 0.335 e. The maximum absolute atomic E-state index is 13.3. The number of carboxylic acid groups (broad SMARTS) is 1. The van der Waals surface area contributed by atoms with Crippen molar-refractivity contribution < 1.29 is 23.5 Å². The van der Waals surface area contributed by atoms with Gasteiger partial charge in [-0.3, -0.25) is 4.79 Å². The monoisotopic (exact) mass is 425 g/mol. The van der Waals surface area contributed by atoms with Crippen molar-refractivity contribution in [2.24, 2.45) is 0 Å². The molecule has 1 saturated carbocycles. The van der Waals surface area contributed by atoms with Crippen LogP contribution < -0.4 is 5.32 Å². The van der Waals surface area contributed by atoms with Gasteiger partial charge in [0.25, 0.3) is 5.91 Å². The van der Waals surface area contributed by atoms with Gasteiger partial charge in [0.15, 0.2) is 0 Å². The van der Waals surface area contributed by atoms with Gasteiger partial charge in [-0.15, -0.1) is 0 Å². The highest BCUT2D eigenvalue weighted by atomic mass is 79.9. The van der Waals surface area contributed by atoms with Crippen LogP contribution in [0.5, 0.6) is 0 Å². The molecule has 0 spiro atoms. The van der Waals surface area contributed by atoms with Crippen molar-refractivity contribution in [3.8, 4) is 0 Å². The van der Waals surface area contributed by atoms with E-state index in [0.29, 0.717) is 27.2 Å². The minimum atomic E-state index is -1.11. The zero-order valence-electron chi connectivity index (χ0n) is 14.3. The first-order valence-electron chi connectivity index (χ1n) is 7.95. The number of aryl methyl sites for hydroxylation is 1. The third-order valence-corrected chi connectivity index (χ3v) is 4.70. The molecule has 0 bridgehead atoms. The zero-order valence-corrected chi connectivity index (χ0v) is 15.9. The van der Waals surface area contributed by atoms with E-state index < -0.39 is 11.8 Å². The minimum absolute atomic E-state index is 0.0203. The molecule has 3 rings (SSSR count). The van der Waals surface area contributed by atoms with Gasteiger partial charge in [-0.25, -0.2) is 13.6 Å². The predicted octanol–water partition coefficient (Wildman–Crippen LogP) is 4.62. The van der Waals surface area contributed by atoms with E-state index in [4.69, 9.17) is 5.11 Å². The van der Waals surface area contributed by atoms with Crippen LogP contribution in [-0.2, 0) is 0 Å². The van der Waals surface area contributed by atoms with E-state index in [0.717, 1.165) is 18.9 Å². The van der Waals surface area contributed by atoms with Crippen LogP contribution in [0, 0.1) is 25.5 Å². The highest BCUT2D eigenvalue weighted by molar-refractivity contribution is 9.10. The minimum Gasteiger partial charge on any atom is -0.478 e. The van der Waals surface area contributed by atoms with E-state index in [1.54, 1.807) is 19.9 Å². The second-order valence-corrected chi connectivity index (χ2v) is 6.94. The number of carboxylic acids is 1. The second kappa shape index (κ2) is 8.40. The summed E-state index contributed by atoms with van der Waals surface area (Å²) in [6.45, 7) is 3.25. The molecule has 0 heterocycles. The first-order chi connectivity index (χ1) is 12.2. The number of hydrogen-bond donors (Lipinski definition) is 2. The van der Waals surface area contributed by atoms with Crippen LogP contribution in [0.25, 0.3) is 0 Å². The molecule has 1 amide bonds. The van der Waals surface area contributed by atoms with E-state index in [1.165, 1.54) is 18.2 Å². The molecule has 2 aromatic carbocycles. The van der Waals surface area contributed by atoms with Crippen molar-refractivity contribution in [1.82, 2.24) is 5.32 Å². The standard InChI is InChI=1S/C11H11BrFNO.C8H7FO2/c1-6-9(12)4-7(5-10(6)13)11(15)14-8-2-3-8;1-5-2-3-6(8(10)11)4-7(5)9/h4-5,8H,2-3H2,1H3,(H,14,15);2-4H,1H3,(H,10,11). The first kappa shape index (κ1) is 20.0. The number of carbonyl (C=O) groups is 2. The lowest BCUT2D eigenvalue weighted by Crippen LogP contribution is -2.25. The predicted molar refractivity (Wildman–Crippen MR) is 97.4 cm³/mol. The lowest BCUT2D eigenvalue weighted by atomic mass is 10.1. The van der Waals surface area contributed by atoms with Crippen molar-refractivity contribution in [1.29, 1.82) is 0 Å². The van der Waals surface area contributed by atoms with Gasteiger partial charge < -0.3 is 10.4 Å². The number of halogens is 3. The summed E-state index contributed by atoms with van der Waals surface area (Å²) in [7, 11) is 0. The van der Waals surface area contributed by atoms with Crippen LogP contribution in [0.15, 0.2) is 34.8 Å². The van der Waals surface area contributed by atoms with Crippen molar-refractivity contribution in [3.05, 3.63) is 68.7 Å². The molecule has 138 valence electrons. The molecule has 0 aliphatic heterocycles. The van der Waals surface area contributed by atoms with Crippen LogP contribution >= 0.6 is 15.9 Å². The summed E-state index contributed by atoms with van der Waals surface area (Å²) in [5.74, 6) is -2.14. The Kier molecular flexibility index (Phi) is 6.47. The van der Waals surface area contributed by atoms with Crippen LogP contribution in [0.1, 0.15) is 44.7 Å². The van der Waals surface area contributed by atoms with Gasteiger partial charge in [0.2, 0.25) is 0 Å². The molecule has 26 heavy (non-hydrogen) atoms. The Hall–Kier alpha value is -2.28. The van der Waals surface area contributed by atoms with Crippen molar-refractivity contribution in [2.45, 2.75) is 32.7 Å². The lowest BCUT2D eigenvalue weighted by Gasteiger charge is -2.06. The Balaban J connectivity index is 0.000000197. The van der Waals surface area contributed by atoms with Crippen LogP contribution in [0.2, 0.25) is 0 Å². The molecule has 0 saturated heterocycles. The summed E-state index contributed by atoms with van der Waals surface area (Å²) < 4.78 is 26.6. The Bertz CT molecular complexity index is 828. The molecule has 0 aromatic heterocycles. The largest absolute Gasteiger partial charge is 0.478 e. The number of benzene rings is 2. The molecular weight excluding hydrogens is 408 g/mol. The normalized spacial score (nSPS) is 12.8. The van der Waals surface area contributed by atoms with Gasteiger partial charge in [0.1, 0.15) is 11.6 Å². The smallest absolute Gasteiger partial charge is 0.335 e. The number of hydrogen-bond acceptors (Lipinski definition) is 2. The molecule has 0 atom stereocenters. The topological polar surface area (TPSA) is 66.4 Å². The molecule has 1 fully saturated rings.